The molecule has 0 radical (unpaired) electrons. The molecule has 1 aliphatic rings. The lowest BCUT2D eigenvalue weighted by molar-refractivity contribution is -0.144. The van der Waals surface area contributed by atoms with Crippen molar-refractivity contribution in [1.82, 2.24) is 5.32 Å². The van der Waals surface area contributed by atoms with Crippen molar-refractivity contribution in [1.29, 1.82) is 0 Å². The number of hydrogen-bond donors (Lipinski definition) is 2. The fourth-order valence-corrected chi connectivity index (χ4v) is 1.81. The van der Waals surface area contributed by atoms with E-state index in [2.05, 4.69) is 5.32 Å². The van der Waals surface area contributed by atoms with Gasteiger partial charge in [-0.3, -0.25) is 4.79 Å². The second-order valence-electron chi connectivity index (χ2n) is 4.27. The van der Waals surface area contributed by atoms with E-state index in [1.807, 2.05) is 0 Å². The Morgan fingerprint density at radius 3 is 2.58 bits per heavy atom. The molecule has 0 spiro atoms. The Morgan fingerprint density at radius 2 is 2.05 bits per heavy atom. The molecule has 1 atom stereocenters. The highest BCUT2D eigenvalue weighted by atomic mass is 19.2. The summed E-state index contributed by atoms with van der Waals surface area (Å²) in [6, 6.07) is 2.61. The lowest BCUT2D eigenvalue weighted by Gasteiger charge is -2.23. The Morgan fingerprint density at radius 1 is 1.32 bits per heavy atom. The fraction of sp³-hybridized carbons (Fsp3) is 0.333. The molecule has 1 saturated heterocycles. The molecule has 0 aromatic heterocycles. The van der Waals surface area contributed by atoms with Gasteiger partial charge in [-0.1, -0.05) is 0 Å². The number of nitrogens with one attached hydrogen (secondary N) is 1. The number of carboxylic acids is 1. The number of carbonyl (C=O) groups is 2. The molecule has 0 saturated carbocycles. The molecule has 2 N–H and O–H groups in total. The summed E-state index contributed by atoms with van der Waals surface area (Å²) >= 11 is 0. The second kappa shape index (κ2) is 4.93. The van der Waals surface area contributed by atoms with Gasteiger partial charge in [-0.15, -0.1) is 0 Å². The van der Waals surface area contributed by atoms with Crippen LogP contribution in [0.15, 0.2) is 18.2 Å². The van der Waals surface area contributed by atoms with E-state index in [1.165, 1.54) is 0 Å². The van der Waals surface area contributed by atoms with E-state index in [-0.39, 0.29) is 25.2 Å². The minimum absolute atomic E-state index is 0.123. The first-order valence-corrected chi connectivity index (χ1v) is 5.53. The summed E-state index contributed by atoms with van der Waals surface area (Å²) in [5, 5.41) is 11.4. The average Bonchev–Trinajstić information content (AvgIpc) is 2.82. The molecule has 0 bridgehead atoms. The third kappa shape index (κ3) is 2.55. The highest BCUT2D eigenvalue weighted by Gasteiger charge is 2.44. The third-order valence-corrected chi connectivity index (χ3v) is 2.97. The molecular weight excluding hydrogens is 260 g/mol. The van der Waals surface area contributed by atoms with Gasteiger partial charge >= 0.3 is 5.97 Å². The molecule has 102 valence electrons. The number of carboxylic acid groups (broad SMARTS) is 1. The van der Waals surface area contributed by atoms with Gasteiger partial charge in [-0.2, -0.15) is 0 Å². The van der Waals surface area contributed by atoms with Crippen LogP contribution in [-0.4, -0.2) is 35.7 Å². The standard InChI is InChI=1S/C12H11F2NO4/c13-8-2-1-7(5-9(8)14)10(16)15-12(11(17)18)3-4-19-6-12/h1-2,5H,3-4,6H2,(H,15,16)(H,17,18). The Bertz CT molecular complexity index is 526. The van der Waals surface area contributed by atoms with Gasteiger partial charge in [-0.05, 0) is 18.2 Å². The molecule has 1 aliphatic heterocycles. The topological polar surface area (TPSA) is 75.6 Å². The summed E-state index contributed by atoms with van der Waals surface area (Å²) in [5.41, 5.74) is -1.66. The Labute approximate surface area is 107 Å². The normalized spacial score (nSPS) is 22.2. The van der Waals surface area contributed by atoms with Crippen molar-refractivity contribution >= 4 is 11.9 Å². The van der Waals surface area contributed by atoms with Gasteiger partial charge in [0, 0.05) is 18.6 Å². The second-order valence-corrected chi connectivity index (χ2v) is 4.27. The molecule has 1 aromatic rings. The van der Waals surface area contributed by atoms with Crippen LogP contribution in [0, 0.1) is 11.6 Å². The summed E-state index contributed by atoms with van der Waals surface area (Å²) in [6.45, 7) is 0.0576. The van der Waals surface area contributed by atoms with Crippen LogP contribution in [0.3, 0.4) is 0 Å². The molecule has 7 heteroatoms. The van der Waals surface area contributed by atoms with E-state index in [0.717, 1.165) is 18.2 Å². The number of aliphatic carboxylic acids is 1. The zero-order valence-electron chi connectivity index (χ0n) is 9.78. The van der Waals surface area contributed by atoms with Crippen molar-refractivity contribution < 1.29 is 28.2 Å². The van der Waals surface area contributed by atoms with Gasteiger partial charge < -0.3 is 15.2 Å². The van der Waals surface area contributed by atoms with Crippen LogP contribution >= 0.6 is 0 Å². The molecule has 1 aromatic carbocycles. The minimum atomic E-state index is -1.51. The Kier molecular flexibility index (Phi) is 3.48. The van der Waals surface area contributed by atoms with Gasteiger partial charge in [-0.25, -0.2) is 13.6 Å². The van der Waals surface area contributed by atoms with Crippen molar-refractivity contribution in [2.75, 3.05) is 13.2 Å². The van der Waals surface area contributed by atoms with E-state index < -0.39 is 29.0 Å². The van der Waals surface area contributed by atoms with E-state index in [4.69, 9.17) is 9.84 Å². The molecule has 1 amide bonds. The van der Waals surface area contributed by atoms with Crippen LogP contribution in [0.1, 0.15) is 16.8 Å². The number of amides is 1. The Hall–Kier alpha value is -2.02. The highest BCUT2D eigenvalue weighted by Crippen LogP contribution is 2.20. The van der Waals surface area contributed by atoms with Gasteiger partial charge in [0.15, 0.2) is 17.2 Å². The number of hydrogen-bond acceptors (Lipinski definition) is 3. The largest absolute Gasteiger partial charge is 0.479 e. The van der Waals surface area contributed by atoms with Gasteiger partial charge in [0.05, 0.1) is 6.61 Å². The average molecular weight is 271 g/mol. The Balaban J connectivity index is 2.20. The van der Waals surface area contributed by atoms with Gasteiger partial charge in [0.1, 0.15) is 0 Å². The van der Waals surface area contributed by atoms with E-state index in [0.29, 0.717) is 0 Å². The predicted molar refractivity (Wildman–Crippen MR) is 59.6 cm³/mol. The van der Waals surface area contributed by atoms with Crippen LogP contribution in [0.5, 0.6) is 0 Å². The SMILES string of the molecule is O=C(NC1(C(=O)O)CCOC1)c1ccc(F)c(F)c1. The van der Waals surface area contributed by atoms with Crippen LogP contribution in [0.4, 0.5) is 8.78 Å². The van der Waals surface area contributed by atoms with E-state index >= 15 is 0 Å². The summed E-state index contributed by atoms with van der Waals surface area (Å²) in [6.07, 6.45) is 0.123. The zero-order valence-corrected chi connectivity index (χ0v) is 9.78. The first-order chi connectivity index (χ1) is 8.94. The summed E-state index contributed by atoms with van der Waals surface area (Å²) < 4.78 is 30.7. The molecule has 5 nitrogen and oxygen atoms in total. The predicted octanol–water partition coefficient (Wildman–Crippen LogP) is 0.938. The van der Waals surface area contributed by atoms with Crippen molar-refractivity contribution in [3.05, 3.63) is 35.4 Å². The first kappa shape index (κ1) is 13.4. The third-order valence-electron chi connectivity index (χ3n) is 2.97. The molecule has 1 unspecified atom stereocenters. The number of halogens is 2. The lowest BCUT2D eigenvalue weighted by Crippen LogP contribution is -2.55. The first-order valence-electron chi connectivity index (χ1n) is 5.53. The number of rotatable bonds is 3. The van der Waals surface area contributed by atoms with Crippen LogP contribution in [-0.2, 0) is 9.53 Å². The molecular formula is C12H11F2NO4. The lowest BCUT2D eigenvalue weighted by atomic mass is 9.98. The maximum atomic E-state index is 13.0. The fourth-order valence-electron chi connectivity index (χ4n) is 1.81. The van der Waals surface area contributed by atoms with Crippen molar-refractivity contribution in [2.24, 2.45) is 0 Å². The van der Waals surface area contributed by atoms with Crippen LogP contribution < -0.4 is 5.32 Å². The molecule has 1 heterocycles. The highest BCUT2D eigenvalue weighted by molar-refractivity contribution is 5.98. The zero-order chi connectivity index (χ0) is 14.0. The summed E-state index contributed by atoms with van der Waals surface area (Å²) in [4.78, 5) is 23.0. The smallest absolute Gasteiger partial charge is 0.331 e. The summed E-state index contributed by atoms with van der Waals surface area (Å²) in [7, 11) is 0. The van der Waals surface area contributed by atoms with Crippen LogP contribution in [0.25, 0.3) is 0 Å². The molecule has 19 heavy (non-hydrogen) atoms. The van der Waals surface area contributed by atoms with Crippen molar-refractivity contribution in [3.63, 3.8) is 0 Å². The molecule has 0 aliphatic carbocycles. The summed E-state index contributed by atoms with van der Waals surface area (Å²) in [5.74, 6) is -4.25. The van der Waals surface area contributed by atoms with Crippen LogP contribution in [0.2, 0.25) is 0 Å². The van der Waals surface area contributed by atoms with E-state index in [1.54, 1.807) is 0 Å². The number of benzene rings is 1. The van der Waals surface area contributed by atoms with E-state index in [9.17, 15) is 18.4 Å². The molecule has 1 fully saturated rings. The molecule has 2 rings (SSSR count). The quantitative estimate of drug-likeness (QED) is 0.857. The minimum Gasteiger partial charge on any atom is -0.479 e. The van der Waals surface area contributed by atoms with Gasteiger partial charge in [0.25, 0.3) is 5.91 Å². The maximum Gasteiger partial charge on any atom is 0.331 e. The van der Waals surface area contributed by atoms with Crippen molar-refractivity contribution in [2.45, 2.75) is 12.0 Å². The van der Waals surface area contributed by atoms with Crippen molar-refractivity contribution in [3.8, 4) is 0 Å². The number of ether oxygens (including phenoxy) is 1. The number of carbonyl (C=O) groups excluding carboxylic acids is 1. The van der Waals surface area contributed by atoms with Gasteiger partial charge in [0.2, 0.25) is 0 Å². The maximum absolute atomic E-state index is 13.0. The monoisotopic (exact) mass is 271 g/mol.